The molecule has 0 bridgehead atoms. The summed E-state index contributed by atoms with van der Waals surface area (Å²) in [6.45, 7) is 3.01. The monoisotopic (exact) mass is 474 g/mol. The predicted molar refractivity (Wildman–Crippen MR) is 117 cm³/mol. The van der Waals surface area contributed by atoms with Crippen molar-refractivity contribution < 1.29 is 22.8 Å². The quantitative estimate of drug-likeness (QED) is 0.650. The van der Waals surface area contributed by atoms with Crippen molar-refractivity contribution in [2.24, 2.45) is 5.41 Å². The molecule has 2 aromatic rings. The van der Waals surface area contributed by atoms with Crippen LogP contribution in [0.4, 0.5) is 23.7 Å². The van der Waals surface area contributed by atoms with E-state index in [0.717, 1.165) is 23.0 Å². The summed E-state index contributed by atoms with van der Waals surface area (Å²) in [4.78, 5) is 26.8. The van der Waals surface area contributed by atoms with Crippen molar-refractivity contribution in [2.75, 3.05) is 25.5 Å². The van der Waals surface area contributed by atoms with Gasteiger partial charge in [0, 0.05) is 68.3 Å². The molecule has 0 spiro atoms. The normalized spacial score (nSPS) is 17.8. The van der Waals surface area contributed by atoms with Crippen LogP contribution in [0.25, 0.3) is 0 Å². The summed E-state index contributed by atoms with van der Waals surface area (Å²) in [5.41, 5.74) is 1.88. The Kier molecular flexibility index (Phi) is 6.02. The van der Waals surface area contributed by atoms with Crippen LogP contribution in [0.2, 0.25) is 0 Å². The number of nitrogens with one attached hydrogen (secondary N) is 1. The second-order valence-electron chi connectivity index (χ2n) is 9.31. The lowest BCUT2D eigenvalue weighted by molar-refractivity contribution is -0.175. The maximum absolute atomic E-state index is 13.8. The molecule has 1 saturated carbocycles. The third kappa shape index (κ3) is 4.58. The fraction of sp³-hybridized carbons (Fsp3) is 0.478. The van der Waals surface area contributed by atoms with E-state index in [1.54, 1.807) is 22.7 Å². The largest absolute Gasteiger partial charge is 0.348 e. The summed E-state index contributed by atoms with van der Waals surface area (Å²) in [6.07, 6.45) is 0.523. The Balaban J connectivity index is 1.48. The molecule has 1 aliphatic heterocycles. The number of carbonyl (C=O) groups is 2. The Morgan fingerprint density at radius 1 is 1.38 bits per heavy atom. The van der Waals surface area contributed by atoms with Crippen LogP contribution in [-0.4, -0.2) is 58.1 Å². The maximum Gasteiger partial charge on any atom is 0.322 e. The molecule has 34 heavy (non-hydrogen) atoms. The second-order valence-corrected chi connectivity index (χ2v) is 9.31. The Morgan fingerprint density at radius 2 is 2.12 bits per heavy atom. The molecule has 3 amide bonds. The van der Waals surface area contributed by atoms with E-state index in [4.69, 9.17) is 5.26 Å². The molecular weight excluding hydrogens is 449 g/mol. The number of halogens is 3. The van der Waals surface area contributed by atoms with E-state index >= 15 is 0 Å². The van der Waals surface area contributed by atoms with Crippen molar-refractivity contribution in [3.05, 3.63) is 46.5 Å². The third-order valence-electron chi connectivity index (χ3n) is 6.52. The van der Waals surface area contributed by atoms with Crippen molar-refractivity contribution >= 4 is 18.1 Å². The first-order valence-corrected chi connectivity index (χ1v) is 10.9. The van der Waals surface area contributed by atoms with E-state index in [2.05, 4.69) is 10.4 Å². The van der Waals surface area contributed by atoms with Crippen molar-refractivity contribution in [3.63, 3.8) is 0 Å². The van der Waals surface area contributed by atoms with Crippen LogP contribution in [-0.2, 0) is 24.3 Å². The molecular formula is C23H25F3N6O2. The number of hydrogen-bond acceptors (Lipinski definition) is 4. The second kappa shape index (κ2) is 8.66. The van der Waals surface area contributed by atoms with Crippen LogP contribution < -0.4 is 5.32 Å². The highest BCUT2D eigenvalue weighted by molar-refractivity contribution is 5.89. The number of urea groups is 1. The summed E-state index contributed by atoms with van der Waals surface area (Å²) < 4.78 is 42.8. The van der Waals surface area contributed by atoms with Crippen molar-refractivity contribution in [3.8, 4) is 6.07 Å². The molecule has 1 aromatic carbocycles. The van der Waals surface area contributed by atoms with Crippen LogP contribution in [0.15, 0.2) is 18.2 Å². The van der Waals surface area contributed by atoms with Gasteiger partial charge >= 0.3 is 6.03 Å². The number of alkyl halides is 2. The molecule has 8 nitrogen and oxygen atoms in total. The molecule has 2 aliphatic rings. The highest BCUT2D eigenvalue weighted by Gasteiger charge is 2.57. The SMILES string of the molecule is Cc1c2c(nn1CC1(CN(C)C=O)CC(F)(F)C1)CCN(C(=O)Nc1ccc(F)c(C#N)c1)C2. The van der Waals surface area contributed by atoms with E-state index in [0.29, 0.717) is 25.1 Å². The van der Waals surface area contributed by atoms with Gasteiger partial charge in [-0.15, -0.1) is 0 Å². The van der Waals surface area contributed by atoms with Gasteiger partial charge in [0.1, 0.15) is 11.9 Å². The topological polar surface area (TPSA) is 94.3 Å². The number of amides is 3. The van der Waals surface area contributed by atoms with Crippen molar-refractivity contribution in [1.82, 2.24) is 19.6 Å². The van der Waals surface area contributed by atoms with Crippen LogP contribution in [0.1, 0.15) is 35.4 Å². The number of fused-ring (bicyclic) bond motifs is 1. The Bertz CT molecular complexity index is 1160. The zero-order chi connectivity index (χ0) is 24.7. The minimum atomic E-state index is -2.74. The highest BCUT2D eigenvalue weighted by atomic mass is 19.3. The molecule has 180 valence electrons. The van der Waals surface area contributed by atoms with E-state index in [1.165, 1.54) is 17.0 Å². The maximum atomic E-state index is 13.8. The average molecular weight is 474 g/mol. The average Bonchev–Trinajstić information content (AvgIpc) is 3.07. The van der Waals surface area contributed by atoms with Crippen LogP contribution in [0.3, 0.4) is 0 Å². The van der Waals surface area contributed by atoms with E-state index in [-0.39, 0.29) is 38.0 Å². The Labute approximate surface area is 194 Å². The number of nitrogens with zero attached hydrogens (tertiary/aromatic N) is 5. The lowest BCUT2D eigenvalue weighted by atomic mass is 9.65. The minimum absolute atomic E-state index is 0.161. The predicted octanol–water partition coefficient (Wildman–Crippen LogP) is 3.30. The number of anilines is 1. The van der Waals surface area contributed by atoms with Gasteiger partial charge in [0.05, 0.1) is 17.8 Å². The zero-order valence-electron chi connectivity index (χ0n) is 18.9. The molecule has 1 fully saturated rings. The van der Waals surface area contributed by atoms with Crippen molar-refractivity contribution in [1.29, 1.82) is 5.26 Å². The summed E-state index contributed by atoms with van der Waals surface area (Å²) in [7, 11) is 1.57. The summed E-state index contributed by atoms with van der Waals surface area (Å²) in [5.74, 6) is -3.40. The summed E-state index contributed by atoms with van der Waals surface area (Å²) in [5, 5.41) is 16.3. The van der Waals surface area contributed by atoms with Gasteiger partial charge < -0.3 is 15.1 Å². The first-order valence-electron chi connectivity index (χ1n) is 10.9. The standard InChI is InChI=1S/C23H25F3N6O2/c1-15-18-9-31(21(34)28-17-3-4-19(24)16(7-17)8-27)6-5-20(18)29-32(15)13-22(12-30(2)14-33)10-23(25,26)11-22/h3-4,7,14H,5-6,9-13H2,1-2H3,(H,28,34). The molecule has 1 aromatic heterocycles. The molecule has 1 aliphatic carbocycles. The van der Waals surface area contributed by atoms with Crippen LogP contribution >= 0.6 is 0 Å². The molecule has 1 N–H and O–H groups in total. The van der Waals surface area contributed by atoms with Crippen molar-refractivity contribution in [2.45, 2.75) is 45.2 Å². The van der Waals surface area contributed by atoms with Gasteiger partial charge in [-0.25, -0.2) is 18.0 Å². The molecule has 0 unspecified atom stereocenters. The molecule has 0 radical (unpaired) electrons. The van der Waals surface area contributed by atoms with Crippen LogP contribution in [0, 0.1) is 29.5 Å². The van der Waals surface area contributed by atoms with E-state index in [9.17, 15) is 22.8 Å². The van der Waals surface area contributed by atoms with Gasteiger partial charge in [-0.3, -0.25) is 9.48 Å². The van der Waals surface area contributed by atoms with Gasteiger partial charge in [-0.1, -0.05) is 0 Å². The zero-order valence-corrected chi connectivity index (χ0v) is 18.9. The number of rotatable bonds is 6. The molecule has 11 heteroatoms. The fourth-order valence-corrected chi connectivity index (χ4v) is 4.98. The molecule has 0 atom stereocenters. The van der Waals surface area contributed by atoms with Gasteiger partial charge in [0.15, 0.2) is 0 Å². The fourth-order valence-electron chi connectivity index (χ4n) is 4.98. The van der Waals surface area contributed by atoms with Gasteiger partial charge in [-0.2, -0.15) is 10.4 Å². The lowest BCUT2D eigenvalue weighted by Gasteiger charge is -2.48. The Morgan fingerprint density at radius 3 is 2.76 bits per heavy atom. The summed E-state index contributed by atoms with van der Waals surface area (Å²) in [6, 6.07) is 5.13. The molecule has 0 saturated heterocycles. The molecule has 4 rings (SSSR count). The van der Waals surface area contributed by atoms with Crippen LogP contribution in [0.5, 0.6) is 0 Å². The van der Waals surface area contributed by atoms with E-state index < -0.39 is 23.2 Å². The number of nitriles is 1. The first-order chi connectivity index (χ1) is 16.0. The first kappa shape index (κ1) is 23.6. The highest BCUT2D eigenvalue weighted by Crippen LogP contribution is 2.53. The van der Waals surface area contributed by atoms with Gasteiger partial charge in [0.2, 0.25) is 12.3 Å². The van der Waals surface area contributed by atoms with E-state index in [1.807, 2.05) is 6.92 Å². The number of carbonyl (C=O) groups excluding carboxylic acids is 2. The summed E-state index contributed by atoms with van der Waals surface area (Å²) >= 11 is 0. The number of hydrogen-bond donors (Lipinski definition) is 1. The van der Waals surface area contributed by atoms with Gasteiger partial charge in [0.25, 0.3) is 0 Å². The Hall–Kier alpha value is -3.55. The molecule has 2 heterocycles. The minimum Gasteiger partial charge on any atom is -0.348 e. The lowest BCUT2D eigenvalue weighted by Crippen LogP contribution is -2.54. The third-order valence-corrected chi connectivity index (χ3v) is 6.52. The number of benzene rings is 1. The van der Waals surface area contributed by atoms with Gasteiger partial charge in [-0.05, 0) is 25.1 Å². The smallest absolute Gasteiger partial charge is 0.322 e. The number of aromatic nitrogens is 2.